The summed E-state index contributed by atoms with van der Waals surface area (Å²) in [6, 6.07) is 2.27. The fourth-order valence-electron chi connectivity index (χ4n) is 2.51. The van der Waals surface area contributed by atoms with Gasteiger partial charge in [-0.15, -0.1) is 0 Å². The smallest absolute Gasteiger partial charge is 0.339 e. The van der Waals surface area contributed by atoms with E-state index >= 15 is 0 Å². The molecule has 0 aliphatic carbocycles. The van der Waals surface area contributed by atoms with Crippen molar-refractivity contribution in [2.24, 2.45) is 0 Å². The maximum absolute atomic E-state index is 11.2. The number of aromatic nitrogens is 1. The minimum atomic E-state index is -0.926. The van der Waals surface area contributed by atoms with E-state index in [9.17, 15) is 4.79 Å². The minimum Gasteiger partial charge on any atom is -0.478 e. The van der Waals surface area contributed by atoms with Gasteiger partial charge in [-0.05, 0) is 32.5 Å². The summed E-state index contributed by atoms with van der Waals surface area (Å²) >= 11 is 0. The first-order valence-electron chi connectivity index (χ1n) is 6.18. The average molecular weight is 249 g/mol. The van der Waals surface area contributed by atoms with E-state index in [-0.39, 0.29) is 5.56 Å². The molecule has 1 aliphatic rings. The zero-order chi connectivity index (χ0) is 13.1. The van der Waals surface area contributed by atoms with E-state index in [0.717, 1.165) is 18.8 Å². The molecule has 1 aromatic rings. The summed E-state index contributed by atoms with van der Waals surface area (Å²) in [6.45, 7) is 1.97. The Bertz CT molecular complexity index is 436. The predicted octanol–water partition coefficient (Wildman–Crippen LogP) is 1.31. The number of anilines is 1. The topological polar surface area (TPSA) is 56.7 Å². The molecule has 5 nitrogen and oxygen atoms in total. The second kappa shape index (κ2) is 5.35. The summed E-state index contributed by atoms with van der Waals surface area (Å²) < 4.78 is 0. The summed E-state index contributed by atoms with van der Waals surface area (Å²) in [5.74, 6) is -0.926. The van der Waals surface area contributed by atoms with E-state index < -0.39 is 5.97 Å². The van der Waals surface area contributed by atoms with Crippen molar-refractivity contribution < 1.29 is 9.90 Å². The first-order valence-corrected chi connectivity index (χ1v) is 6.18. The predicted molar refractivity (Wildman–Crippen MR) is 70.1 cm³/mol. The van der Waals surface area contributed by atoms with E-state index in [1.807, 2.05) is 11.9 Å². The highest BCUT2D eigenvalue weighted by Crippen LogP contribution is 2.21. The Morgan fingerprint density at radius 3 is 3.06 bits per heavy atom. The zero-order valence-corrected chi connectivity index (χ0v) is 10.8. The Morgan fingerprint density at radius 1 is 1.67 bits per heavy atom. The number of carboxylic acid groups (broad SMARTS) is 1. The molecule has 1 atom stereocenters. The molecule has 0 aromatic carbocycles. The normalized spacial score (nSPS) is 20.0. The van der Waals surface area contributed by atoms with Gasteiger partial charge in [-0.2, -0.15) is 0 Å². The Kier molecular flexibility index (Phi) is 3.81. The number of hydrogen-bond donors (Lipinski definition) is 1. The van der Waals surface area contributed by atoms with Crippen molar-refractivity contribution in [1.82, 2.24) is 9.88 Å². The number of likely N-dealkylation sites (tertiary alicyclic amines) is 1. The fourth-order valence-corrected chi connectivity index (χ4v) is 2.51. The third-order valence-electron chi connectivity index (χ3n) is 3.60. The van der Waals surface area contributed by atoms with Gasteiger partial charge < -0.3 is 14.9 Å². The van der Waals surface area contributed by atoms with Crippen LogP contribution >= 0.6 is 0 Å². The third kappa shape index (κ3) is 2.61. The molecule has 0 saturated carbocycles. The lowest BCUT2D eigenvalue weighted by Gasteiger charge is -2.28. The Labute approximate surface area is 107 Å². The van der Waals surface area contributed by atoms with Crippen LogP contribution < -0.4 is 4.90 Å². The zero-order valence-electron chi connectivity index (χ0n) is 10.8. The molecule has 1 saturated heterocycles. The van der Waals surface area contributed by atoms with Crippen molar-refractivity contribution in [3.63, 3.8) is 0 Å². The number of pyridine rings is 1. The molecule has 0 bridgehead atoms. The van der Waals surface area contributed by atoms with Crippen LogP contribution in [0.1, 0.15) is 23.2 Å². The molecular weight excluding hydrogens is 230 g/mol. The molecule has 18 heavy (non-hydrogen) atoms. The quantitative estimate of drug-likeness (QED) is 0.872. The molecule has 0 amide bonds. The van der Waals surface area contributed by atoms with Crippen LogP contribution in [0.5, 0.6) is 0 Å². The van der Waals surface area contributed by atoms with E-state index in [2.05, 4.69) is 16.9 Å². The standard InChI is InChI=1S/C13H19N3O2/c1-15-7-3-4-10(15)9-16(2)12-5-6-14-8-11(12)13(17)18/h5-6,8,10H,3-4,7,9H2,1-2H3,(H,17,18). The molecule has 0 spiro atoms. The molecule has 98 valence electrons. The van der Waals surface area contributed by atoms with Gasteiger partial charge in [0.1, 0.15) is 5.56 Å². The monoisotopic (exact) mass is 249 g/mol. The highest BCUT2D eigenvalue weighted by molar-refractivity contribution is 5.93. The molecule has 1 N–H and O–H groups in total. The van der Waals surface area contributed by atoms with E-state index in [1.165, 1.54) is 19.0 Å². The fraction of sp³-hybridized carbons (Fsp3) is 0.538. The van der Waals surface area contributed by atoms with Gasteiger partial charge in [0.15, 0.2) is 0 Å². The first-order chi connectivity index (χ1) is 8.59. The second-order valence-electron chi connectivity index (χ2n) is 4.86. The summed E-state index contributed by atoms with van der Waals surface area (Å²) in [7, 11) is 4.06. The maximum Gasteiger partial charge on any atom is 0.339 e. The van der Waals surface area contributed by atoms with Gasteiger partial charge in [-0.25, -0.2) is 4.79 Å². The number of carbonyl (C=O) groups is 1. The summed E-state index contributed by atoms with van der Waals surface area (Å²) in [4.78, 5) is 19.4. The largest absolute Gasteiger partial charge is 0.478 e. The first kappa shape index (κ1) is 12.8. The number of rotatable bonds is 4. The Hall–Kier alpha value is -1.62. The van der Waals surface area contributed by atoms with Gasteiger partial charge in [0.25, 0.3) is 0 Å². The van der Waals surface area contributed by atoms with Gasteiger partial charge in [0, 0.05) is 32.0 Å². The van der Waals surface area contributed by atoms with Crippen LogP contribution in [0, 0.1) is 0 Å². The SMILES string of the molecule is CN(CC1CCCN1C)c1ccncc1C(=O)O. The lowest BCUT2D eigenvalue weighted by Crippen LogP contribution is -2.37. The molecule has 2 heterocycles. The van der Waals surface area contributed by atoms with Crippen LogP contribution in [0.25, 0.3) is 0 Å². The van der Waals surface area contributed by atoms with E-state index in [0.29, 0.717) is 6.04 Å². The molecule has 1 aromatic heterocycles. The second-order valence-corrected chi connectivity index (χ2v) is 4.86. The molecule has 2 rings (SSSR count). The Morgan fingerprint density at radius 2 is 2.44 bits per heavy atom. The number of likely N-dealkylation sites (N-methyl/N-ethyl adjacent to an activating group) is 2. The van der Waals surface area contributed by atoms with Gasteiger partial charge in [0.05, 0.1) is 5.69 Å². The van der Waals surface area contributed by atoms with Crippen LogP contribution in [0.15, 0.2) is 18.5 Å². The minimum absolute atomic E-state index is 0.264. The van der Waals surface area contributed by atoms with Gasteiger partial charge in [-0.3, -0.25) is 4.98 Å². The van der Waals surface area contributed by atoms with Crippen LogP contribution in [-0.2, 0) is 0 Å². The third-order valence-corrected chi connectivity index (χ3v) is 3.60. The molecule has 1 aliphatic heterocycles. The molecule has 5 heteroatoms. The highest BCUT2D eigenvalue weighted by atomic mass is 16.4. The lowest BCUT2D eigenvalue weighted by atomic mass is 10.1. The molecule has 1 unspecified atom stereocenters. The molecule has 0 radical (unpaired) electrons. The number of aromatic carboxylic acids is 1. The summed E-state index contributed by atoms with van der Waals surface area (Å²) in [5.41, 5.74) is 0.999. The highest BCUT2D eigenvalue weighted by Gasteiger charge is 2.23. The molecular formula is C13H19N3O2. The van der Waals surface area contributed by atoms with Crippen LogP contribution in [0.4, 0.5) is 5.69 Å². The van der Waals surface area contributed by atoms with Crippen molar-refractivity contribution in [3.8, 4) is 0 Å². The molecule has 1 fully saturated rings. The Balaban J connectivity index is 2.13. The number of carboxylic acids is 1. The summed E-state index contributed by atoms with van der Waals surface area (Å²) in [6.07, 6.45) is 5.44. The summed E-state index contributed by atoms with van der Waals surface area (Å²) in [5, 5.41) is 9.15. The number of hydrogen-bond acceptors (Lipinski definition) is 4. The van der Waals surface area contributed by atoms with Gasteiger partial charge in [0.2, 0.25) is 0 Å². The van der Waals surface area contributed by atoms with Crippen molar-refractivity contribution in [3.05, 3.63) is 24.0 Å². The lowest BCUT2D eigenvalue weighted by molar-refractivity contribution is 0.0697. The van der Waals surface area contributed by atoms with Crippen LogP contribution in [-0.4, -0.2) is 54.2 Å². The maximum atomic E-state index is 11.2. The van der Waals surface area contributed by atoms with Crippen molar-refractivity contribution >= 4 is 11.7 Å². The van der Waals surface area contributed by atoms with Crippen LogP contribution in [0.3, 0.4) is 0 Å². The average Bonchev–Trinajstić information content (AvgIpc) is 2.75. The van der Waals surface area contributed by atoms with E-state index in [1.54, 1.807) is 12.3 Å². The van der Waals surface area contributed by atoms with E-state index in [4.69, 9.17) is 5.11 Å². The van der Waals surface area contributed by atoms with Gasteiger partial charge >= 0.3 is 5.97 Å². The van der Waals surface area contributed by atoms with Crippen molar-refractivity contribution in [2.45, 2.75) is 18.9 Å². The van der Waals surface area contributed by atoms with Crippen LogP contribution in [0.2, 0.25) is 0 Å². The van der Waals surface area contributed by atoms with Crippen molar-refractivity contribution in [2.75, 3.05) is 32.1 Å². The van der Waals surface area contributed by atoms with Gasteiger partial charge in [-0.1, -0.05) is 0 Å². The number of nitrogens with zero attached hydrogens (tertiary/aromatic N) is 3. The van der Waals surface area contributed by atoms with Crippen molar-refractivity contribution in [1.29, 1.82) is 0 Å².